The summed E-state index contributed by atoms with van der Waals surface area (Å²) in [5, 5.41) is 0. The van der Waals surface area contributed by atoms with E-state index in [1.165, 1.54) is 32.1 Å². The van der Waals surface area contributed by atoms with Gasteiger partial charge in [-0.05, 0) is 37.0 Å². The first kappa shape index (κ1) is 7.70. The Kier molecular flexibility index (Phi) is 1.99. The van der Waals surface area contributed by atoms with Gasteiger partial charge in [0.1, 0.15) is 0 Å². The van der Waals surface area contributed by atoms with Crippen LogP contribution in [0, 0.1) is 17.8 Å². The van der Waals surface area contributed by atoms with E-state index >= 15 is 0 Å². The molecule has 0 saturated heterocycles. The van der Waals surface area contributed by atoms with E-state index in [9.17, 15) is 0 Å². The van der Waals surface area contributed by atoms with Crippen LogP contribution in [-0.4, -0.2) is 7.85 Å². The molecule has 2 bridgehead atoms. The van der Waals surface area contributed by atoms with E-state index in [2.05, 4.69) is 6.92 Å². The van der Waals surface area contributed by atoms with Crippen molar-refractivity contribution in [2.45, 2.75) is 44.8 Å². The Morgan fingerprint density at radius 1 is 1.18 bits per heavy atom. The molecule has 2 atom stereocenters. The molecule has 0 nitrogen and oxygen atoms in total. The smallest absolute Gasteiger partial charge is 0.0699 e. The molecule has 2 unspecified atom stereocenters. The predicted octanol–water partition coefficient (Wildman–Crippen LogP) is 2.79. The maximum Gasteiger partial charge on any atom is 0.0699 e. The monoisotopic (exact) mass is 148 g/mol. The van der Waals surface area contributed by atoms with E-state index in [1.54, 1.807) is 0 Å². The maximum atomic E-state index is 5.95. The molecular weight excluding hydrogens is 131 g/mol. The summed E-state index contributed by atoms with van der Waals surface area (Å²) in [6, 6.07) is 0. The average Bonchev–Trinajstić information content (AvgIpc) is 2.06. The molecule has 60 valence electrons. The molecule has 0 N–H and O–H groups in total. The minimum absolute atomic E-state index is 0.447. The van der Waals surface area contributed by atoms with Gasteiger partial charge in [0.05, 0.1) is 7.85 Å². The molecule has 3 rings (SSSR count). The SMILES string of the molecule is [B]C(C)C1CC2CCC1CC2. The number of hydrogen-bond acceptors (Lipinski definition) is 0. The third-order valence-electron chi connectivity index (χ3n) is 3.78. The highest BCUT2D eigenvalue weighted by Crippen LogP contribution is 2.48. The standard InChI is InChI=1S/C10H17B/c1-7(11)10-6-8-2-4-9(10)5-3-8/h7-10H,2-6H2,1H3. The highest BCUT2D eigenvalue weighted by atomic mass is 14.4. The predicted molar refractivity (Wildman–Crippen MR) is 48.7 cm³/mol. The van der Waals surface area contributed by atoms with Gasteiger partial charge in [-0.3, -0.25) is 0 Å². The zero-order valence-corrected chi connectivity index (χ0v) is 7.42. The van der Waals surface area contributed by atoms with Crippen LogP contribution in [0.15, 0.2) is 0 Å². The van der Waals surface area contributed by atoms with Crippen molar-refractivity contribution in [3.63, 3.8) is 0 Å². The number of rotatable bonds is 1. The third-order valence-corrected chi connectivity index (χ3v) is 3.78. The Bertz CT molecular complexity index is 134. The van der Waals surface area contributed by atoms with Crippen molar-refractivity contribution in [3.8, 4) is 0 Å². The molecule has 0 aromatic rings. The van der Waals surface area contributed by atoms with Crippen LogP contribution in [0.2, 0.25) is 5.82 Å². The topological polar surface area (TPSA) is 0 Å². The van der Waals surface area contributed by atoms with Gasteiger partial charge in [-0.15, -0.1) is 0 Å². The summed E-state index contributed by atoms with van der Waals surface area (Å²) in [6.07, 6.45) is 7.36. The van der Waals surface area contributed by atoms with Crippen molar-refractivity contribution in [3.05, 3.63) is 0 Å². The first-order valence-corrected chi connectivity index (χ1v) is 5.03. The summed E-state index contributed by atoms with van der Waals surface area (Å²) in [6.45, 7) is 2.19. The van der Waals surface area contributed by atoms with E-state index in [0.717, 1.165) is 17.8 Å². The molecule has 0 heterocycles. The van der Waals surface area contributed by atoms with Crippen molar-refractivity contribution in [1.82, 2.24) is 0 Å². The Balaban J connectivity index is 2.03. The van der Waals surface area contributed by atoms with Crippen molar-refractivity contribution in [2.24, 2.45) is 17.8 Å². The van der Waals surface area contributed by atoms with Gasteiger partial charge in [0.25, 0.3) is 0 Å². The second kappa shape index (κ2) is 2.84. The van der Waals surface area contributed by atoms with Crippen LogP contribution in [-0.2, 0) is 0 Å². The molecule has 0 aliphatic heterocycles. The Hall–Kier alpha value is 0.0649. The molecular formula is C10H17B. The quantitative estimate of drug-likeness (QED) is 0.501. The lowest BCUT2D eigenvalue weighted by atomic mass is 9.58. The first-order valence-electron chi connectivity index (χ1n) is 5.03. The van der Waals surface area contributed by atoms with Crippen LogP contribution in [0.3, 0.4) is 0 Å². The number of fused-ring (bicyclic) bond motifs is 3. The van der Waals surface area contributed by atoms with Gasteiger partial charge < -0.3 is 0 Å². The van der Waals surface area contributed by atoms with E-state index in [-0.39, 0.29) is 0 Å². The van der Waals surface area contributed by atoms with Gasteiger partial charge in [-0.25, -0.2) is 0 Å². The second-order valence-corrected chi connectivity index (χ2v) is 4.54. The van der Waals surface area contributed by atoms with Gasteiger partial charge >= 0.3 is 0 Å². The third kappa shape index (κ3) is 1.34. The van der Waals surface area contributed by atoms with Gasteiger partial charge in [0, 0.05) is 0 Å². The lowest BCUT2D eigenvalue weighted by Crippen LogP contribution is -2.33. The molecule has 0 amide bonds. The van der Waals surface area contributed by atoms with Crippen LogP contribution in [0.4, 0.5) is 0 Å². The highest BCUT2D eigenvalue weighted by molar-refractivity contribution is 6.11. The fourth-order valence-corrected chi connectivity index (χ4v) is 3.07. The van der Waals surface area contributed by atoms with Gasteiger partial charge in [-0.2, -0.15) is 0 Å². The van der Waals surface area contributed by atoms with E-state index in [1.807, 2.05) is 0 Å². The molecule has 11 heavy (non-hydrogen) atoms. The zero-order valence-electron chi connectivity index (χ0n) is 7.42. The number of hydrogen-bond donors (Lipinski definition) is 0. The van der Waals surface area contributed by atoms with Crippen molar-refractivity contribution in [2.75, 3.05) is 0 Å². The minimum atomic E-state index is 0.447. The lowest BCUT2D eigenvalue weighted by molar-refractivity contribution is 0.0970. The molecule has 0 spiro atoms. The fourth-order valence-electron chi connectivity index (χ4n) is 3.07. The molecule has 3 fully saturated rings. The molecule has 3 aliphatic rings. The first-order chi connectivity index (χ1) is 5.27. The van der Waals surface area contributed by atoms with Crippen molar-refractivity contribution < 1.29 is 0 Å². The summed E-state index contributed by atoms with van der Waals surface area (Å²) in [5.41, 5.74) is 0. The normalized spacial score (nSPS) is 45.7. The van der Waals surface area contributed by atoms with E-state index in [4.69, 9.17) is 7.85 Å². The molecule has 3 saturated carbocycles. The average molecular weight is 148 g/mol. The summed E-state index contributed by atoms with van der Waals surface area (Å²) in [5.74, 6) is 3.33. The van der Waals surface area contributed by atoms with Gasteiger partial charge in [0.2, 0.25) is 0 Å². The highest BCUT2D eigenvalue weighted by Gasteiger charge is 2.36. The van der Waals surface area contributed by atoms with Crippen molar-refractivity contribution >= 4 is 7.85 Å². The summed E-state index contributed by atoms with van der Waals surface area (Å²) >= 11 is 0. The van der Waals surface area contributed by atoms with Gasteiger partial charge in [0.15, 0.2) is 0 Å². The fraction of sp³-hybridized carbons (Fsp3) is 1.00. The van der Waals surface area contributed by atoms with Gasteiger partial charge in [-0.1, -0.05) is 25.6 Å². The van der Waals surface area contributed by atoms with Crippen LogP contribution in [0.1, 0.15) is 39.0 Å². The van der Waals surface area contributed by atoms with Crippen LogP contribution in [0.25, 0.3) is 0 Å². The Morgan fingerprint density at radius 3 is 2.09 bits per heavy atom. The minimum Gasteiger partial charge on any atom is -0.0771 e. The summed E-state index contributed by atoms with van der Waals surface area (Å²) in [4.78, 5) is 0. The van der Waals surface area contributed by atoms with E-state index in [0.29, 0.717) is 5.82 Å². The zero-order chi connectivity index (χ0) is 7.84. The Morgan fingerprint density at radius 2 is 1.82 bits per heavy atom. The summed E-state index contributed by atoms with van der Waals surface area (Å²) in [7, 11) is 5.95. The maximum absolute atomic E-state index is 5.95. The second-order valence-electron chi connectivity index (χ2n) is 4.54. The molecule has 0 aromatic heterocycles. The molecule has 3 aliphatic carbocycles. The molecule has 2 radical (unpaired) electrons. The van der Waals surface area contributed by atoms with Crippen molar-refractivity contribution in [1.29, 1.82) is 0 Å². The molecule has 0 aromatic carbocycles. The largest absolute Gasteiger partial charge is 0.0771 e. The van der Waals surface area contributed by atoms with Crippen LogP contribution in [0.5, 0.6) is 0 Å². The van der Waals surface area contributed by atoms with Crippen LogP contribution < -0.4 is 0 Å². The molecule has 1 heteroatoms. The van der Waals surface area contributed by atoms with E-state index < -0.39 is 0 Å². The Labute approximate surface area is 71.2 Å². The summed E-state index contributed by atoms with van der Waals surface area (Å²) < 4.78 is 0. The van der Waals surface area contributed by atoms with Crippen LogP contribution >= 0.6 is 0 Å². The lowest BCUT2D eigenvalue weighted by Gasteiger charge is -2.44.